The van der Waals surface area contributed by atoms with E-state index in [0.29, 0.717) is 21.7 Å². The van der Waals surface area contributed by atoms with Crippen LogP contribution in [0.4, 0.5) is 5.69 Å². The third-order valence-electron chi connectivity index (χ3n) is 4.99. The van der Waals surface area contributed by atoms with Gasteiger partial charge in [-0.3, -0.25) is 4.79 Å². The zero-order valence-electron chi connectivity index (χ0n) is 17.4. The van der Waals surface area contributed by atoms with Gasteiger partial charge in [0.25, 0.3) is 5.91 Å². The lowest BCUT2D eigenvalue weighted by Gasteiger charge is -2.11. The zero-order chi connectivity index (χ0) is 21.8. The number of hydrogen-bond acceptors (Lipinski definition) is 4. The number of aryl methyl sites for hydroxylation is 1. The maximum atomic E-state index is 12.6. The maximum absolute atomic E-state index is 12.6. The van der Waals surface area contributed by atoms with Crippen LogP contribution in [0.3, 0.4) is 0 Å². The Morgan fingerprint density at radius 1 is 1.13 bits per heavy atom. The van der Waals surface area contributed by atoms with Crippen LogP contribution in [0.5, 0.6) is 5.75 Å². The van der Waals surface area contributed by atoms with Crippen LogP contribution in [0.1, 0.15) is 30.9 Å². The number of carbonyl (C=O) groups excluding carboxylic acids is 1. The third-order valence-corrected chi connectivity index (χ3v) is 6.14. The Morgan fingerprint density at radius 3 is 2.71 bits per heavy atom. The number of carbonyl (C=O) groups is 1. The minimum Gasteiger partial charge on any atom is -0.493 e. The smallest absolute Gasteiger partial charge is 0.264 e. The topological polar surface area (TPSA) is 50.7 Å². The Labute approximate surface area is 191 Å². The predicted molar refractivity (Wildman–Crippen MR) is 131 cm³/mol. The highest BCUT2D eigenvalue weighted by atomic mass is 35.5. The second kappa shape index (κ2) is 9.58. The maximum Gasteiger partial charge on any atom is 0.264 e. The summed E-state index contributed by atoms with van der Waals surface area (Å²) in [5.41, 5.74) is 2.71. The van der Waals surface area contributed by atoms with E-state index in [9.17, 15) is 4.79 Å². The lowest BCUT2D eigenvalue weighted by Crippen LogP contribution is -2.19. The van der Waals surface area contributed by atoms with Crippen molar-refractivity contribution in [3.63, 3.8) is 0 Å². The van der Waals surface area contributed by atoms with E-state index >= 15 is 0 Å². The molecule has 1 saturated heterocycles. The van der Waals surface area contributed by atoms with Crippen LogP contribution in [-0.4, -0.2) is 17.7 Å². The molecule has 0 aliphatic carbocycles. The predicted octanol–water partition coefficient (Wildman–Crippen LogP) is 6.87. The first-order chi connectivity index (χ1) is 15.0. The van der Waals surface area contributed by atoms with Crippen molar-refractivity contribution < 1.29 is 9.53 Å². The lowest BCUT2D eigenvalue weighted by atomic mass is 10.0. The van der Waals surface area contributed by atoms with Crippen LogP contribution in [-0.2, 0) is 4.79 Å². The average molecular weight is 451 g/mol. The van der Waals surface area contributed by atoms with Crippen molar-refractivity contribution in [2.45, 2.75) is 26.7 Å². The number of benzene rings is 3. The number of halogens is 1. The fourth-order valence-corrected chi connectivity index (χ4v) is 4.40. The van der Waals surface area contributed by atoms with Gasteiger partial charge in [0.1, 0.15) is 5.75 Å². The van der Waals surface area contributed by atoms with Crippen LogP contribution >= 0.6 is 23.4 Å². The number of thioether (sulfide) groups is 1. The van der Waals surface area contributed by atoms with E-state index < -0.39 is 0 Å². The molecule has 0 saturated carbocycles. The van der Waals surface area contributed by atoms with E-state index in [-0.39, 0.29) is 5.91 Å². The van der Waals surface area contributed by atoms with Crippen molar-refractivity contribution in [1.82, 2.24) is 5.32 Å². The Bertz CT molecular complexity index is 1200. The molecule has 1 heterocycles. The van der Waals surface area contributed by atoms with Crippen LogP contribution in [0.2, 0.25) is 5.02 Å². The van der Waals surface area contributed by atoms with E-state index in [1.54, 1.807) is 6.07 Å². The fraction of sp³-hybridized carbons (Fsp3) is 0.200. The van der Waals surface area contributed by atoms with Gasteiger partial charge in [0.2, 0.25) is 0 Å². The highest BCUT2D eigenvalue weighted by molar-refractivity contribution is 8.18. The van der Waals surface area contributed by atoms with Gasteiger partial charge < -0.3 is 10.1 Å². The largest absolute Gasteiger partial charge is 0.493 e. The Balaban J connectivity index is 1.63. The highest BCUT2D eigenvalue weighted by Crippen LogP contribution is 2.34. The molecular weight excluding hydrogens is 428 g/mol. The lowest BCUT2D eigenvalue weighted by molar-refractivity contribution is -0.115. The first kappa shape index (κ1) is 21.5. The first-order valence-electron chi connectivity index (χ1n) is 10.3. The van der Waals surface area contributed by atoms with Gasteiger partial charge in [-0.2, -0.15) is 0 Å². The zero-order valence-corrected chi connectivity index (χ0v) is 19.0. The highest BCUT2D eigenvalue weighted by Gasteiger charge is 2.24. The number of nitrogens with zero attached hydrogens (tertiary/aromatic N) is 1. The van der Waals surface area contributed by atoms with Gasteiger partial charge in [0, 0.05) is 10.4 Å². The van der Waals surface area contributed by atoms with Gasteiger partial charge in [0.05, 0.1) is 17.2 Å². The fourth-order valence-electron chi connectivity index (χ4n) is 3.35. The molecule has 0 bridgehead atoms. The number of nitrogens with one attached hydrogen (secondary N) is 1. The van der Waals surface area contributed by atoms with Crippen molar-refractivity contribution in [2.24, 2.45) is 4.99 Å². The van der Waals surface area contributed by atoms with Gasteiger partial charge in [-0.25, -0.2) is 4.99 Å². The third kappa shape index (κ3) is 4.94. The number of fused-ring (bicyclic) bond motifs is 1. The van der Waals surface area contributed by atoms with Crippen molar-refractivity contribution >= 4 is 57.0 Å². The molecule has 4 rings (SSSR count). The van der Waals surface area contributed by atoms with Gasteiger partial charge in [-0.05, 0) is 72.0 Å². The average Bonchev–Trinajstić information content (AvgIpc) is 3.10. The molecule has 158 valence electrons. The summed E-state index contributed by atoms with van der Waals surface area (Å²) in [4.78, 5) is 17.8. The number of amides is 1. The summed E-state index contributed by atoms with van der Waals surface area (Å²) in [6.07, 6.45) is 4.02. The molecule has 0 radical (unpaired) electrons. The molecule has 3 aromatic carbocycles. The normalized spacial score (nSPS) is 16.3. The first-order valence-corrected chi connectivity index (χ1v) is 11.4. The molecular formula is C25H23ClN2O2S. The molecule has 0 atom stereocenters. The number of aliphatic imine (C=N–C) groups is 1. The summed E-state index contributed by atoms with van der Waals surface area (Å²) in [5, 5.41) is 6.18. The van der Waals surface area contributed by atoms with Gasteiger partial charge in [-0.1, -0.05) is 55.3 Å². The molecule has 1 amide bonds. The Kier molecular flexibility index (Phi) is 6.64. The Morgan fingerprint density at radius 2 is 1.94 bits per heavy atom. The van der Waals surface area contributed by atoms with Crippen LogP contribution in [0, 0.1) is 6.92 Å². The molecule has 31 heavy (non-hydrogen) atoms. The minimum atomic E-state index is -0.150. The number of amidine groups is 1. The standard InChI is InChI=1S/C25H23ClN2O2S/c1-3-4-13-30-22-12-9-17(19-7-5-6-8-20(19)22)15-23-24(29)28-25(31-23)27-21-11-10-18(26)14-16(21)2/h5-12,14-15H,3-4,13H2,1-2H3,(H,27,28,29)/b23-15-. The van der Waals surface area contributed by atoms with E-state index in [0.717, 1.165) is 46.2 Å². The molecule has 1 fully saturated rings. The van der Waals surface area contributed by atoms with Crippen LogP contribution in [0.25, 0.3) is 16.8 Å². The van der Waals surface area contributed by atoms with E-state index in [1.807, 2.05) is 49.4 Å². The molecule has 6 heteroatoms. The monoisotopic (exact) mass is 450 g/mol. The number of ether oxygens (including phenoxy) is 1. The number of hydrogen-bond donors (Lipinski definition) is 1. The minimum absolute atomic E-state index is 0.150. The Hall–Kier alpha value is -2.76. The second-order valence-electron chi connectivity index (χ2n) is 7.31. The van der Waals surface area contributed by atoms with E-state index in [1.165, 1.54) is 11.8 Å². The summed E-state index contributed by atoms with van der Waals surface area (Å²) >= 11 is 7.36. The number of rotatable bonds is 6. The molecule has 3 aromatic rings. The molecule has 4 nitrogen and oxygen atoms in total. The molecule has 0 aromatic heterocycles. The molecule has 1 N–H and O–H groups in total. The quantitative estimate of drug-likeness (QED) is 0.329. The van der Waals surface area contributed by atoms with Crippen molar-refractivity contribution in [1.29, 1.82) is 0 Å². The van der Waals surface area contributed by atoms with Crippen molar-refractivity contribution in [3.8, 4) is 5.75 Å². The summed E-state index contributed by atoms with van der Waals surface area (Å²) in [7, 11) is 0. The van der Waals surface area contributed by atoms with Crippen LogP contribution < -0.4 is 10.1 Å². The second-order valence-corrected chi connectivity index (χ2v) is 8.78. The van der Waals surface area contributed by atoms with Gasteiger partial charge in [-0.15, -0.1) is 0 Å². The SMILES string of the molecule is CCCCOc1ccc(/C=C2\SC(=Nc3ccc(Cl)cc3C)NC2=O)c2ccccc12. The molecule has 1 aliphatic rings. The summed E-state index contributed by atoms with van der Waals surface area (Å²) in [6.45, 7) is 4.79. The van der Waals surface area contributed by atoms with Gasteiger partial charge in [0.15, 0.2) is 5.17 Å². The summed E-state index contributed by atoms with van der Waals surface area (Å²) in [5.74, 6) is 0.720. The van der Waals surface area contributed by atoms with Gasteiger partial charge >= 0.3 is 0 Å². The summed E-state index contributed by atoms with van der Waals surface area (Å²) in [6, 6.07) is 17.6. The summed E-state index contributed by atoms with van der Waals surface area (Å²) < 4.78 is 5.98. The van der Waals surface area contributed by atoms with Crippen molar-refractivity contribution in [3.05, 3.63) is 75.7 Å². The number of unbranched alkanes of at least 4 members (excludes halogenated alkanes) is 1. The van der Waals surface area contributed by atoms with E-state index in [2.05, 4.69) is 29.4 Å². The van der Waals surface area contributed by atoms with Crippen LogP contribution in [0.15, 0.2) is 64.5 Å². The van der Waals surface area contributed by atoms with E-state index in [4.69, 9.17) is 16.3 Å². The molecule has 0 unspecified atom stereocenters. The van der Waals surface area contributed by atoms with Crippen molar-refractivity contribution in [2.75, 3.05) is 6.61 Å². The molecule has 1 aliphatic heterocycles. The molecule has 0 spiro atoms.